The molecule has 1 fully saturated rings. The molecule has 0 radical (unpaired) electrons. The number of hydrogen-bond acceptors (Lipinski definition) is 3. The smallest absolute Gasteiger partial charge is 0.380 e. The van der Waals surface area contributed by atoms with Gasteiger partial charge < -0.3 is 5.32 Å². The van der Waals surface area contributed by atoms with Crippen molar-refractivity contribution in [3.8, 4) is 0 Å². The van der Waals surface area contributed by atoms with Crippen molar-refractivity contribution >= 4 is 17.3 Å². The molecule has 1 aliphatic carbocycles. The predicted molar refractivity (Wildman–Crippen MR) is 74.6 cm³/mol. The predicted octanol–water partition coefficient (Wildman–Crippen LogP) is 3.45. The van der Waals surface area contributed by atoms with Gasteiger partial charge in [-0.2, -0.15) is 18.3 Å². The van der Waals surface area contributed by atoms with Gasteiger partial charge in [0.1, 0.15) is 11.6 Å². The lowest BCUT2D eigenvalue weighted by molar-refractivity contribution is -0.143. The lowest BCUT2D eigenvalue weighted by Crippen LogP contribution is -2.32. The summed E-state index contributed by atoms with van der Waals surface area (Å²) < 4.78 is 37.3. The van der Waals surface area contributed by atoms with Crippen LogP contribution in [-0.4, -0.2) is 22.0 Å². The number of hydrogen-bond donors (Lipinski definition) is 1. The molecule has 4 nitrogen and oxygen atoms in total. The fraction of sp³-hybridized carbons (Fsp3) is 0.692. The van der Waals surface area contributed by atoms with E-state index < -0.39 is 18.3 Å². The Kier molecular flexibility index (Phi) is 4.81. The molecule has 118 valence electrons. The van der Waals surface area contributed by atoms with Gasteiger partial charge in [0.15, 0.2) is 0 Å². The largest absolute Gasteiger partial charge is 0.408 e. The molecule has 0 spiro atoms. The van der Waals surface area contributed by atoms with Gasteiger partial charge in [0.2, 0.25) is 0 Å². The molecule has 1 aromatic heterocycles. The van der Waals surface area contributed by atoms with Gasteiger partial charge in [0.05, 0.1) is 11.9 Å². The van der Waals surface area contributed by atoms with Gasteiger partial charge in [0, 0.05) is 6.04 Å². The summed E-state index contributed by atoms with van der Waals surface area (Å²) in [6.07, 6.45) is 1.23. The van der Waals surface area contributed by atoms with E-state index in [1.165, 1.54) is 19.0 Å². The minimum absolute atomic E-state index is 0.102. The highest BCUT2D eigenvalue weighted by molar-refractivity contribution is 6.32. The van der Waals surface area contributed by atoms with E-state index in [9.17, 15) is 18.0 Å². The molecule has 0 aromatic carbocycles. The average Bonchev–Trinajstić information content (AvgIpc) is 2.91. The van der Waals surface area contributed by atoms with Crippen molar-refractivity contribution in [2.45, 2.75) is 51.4 Å². The molecule has 1 N–H and O–H groups in total. The summed E-state index contributed by atoms with van der Waals surface area (Å²) in [5.41, 5.74) is -0.642. The SMILES string of the molecule is CC(Nc1cnn(CC(F)(F)F)c(=O)c1Cl)C1CCCC1. The first-order valence-corrected chi connectivity index (χ1v) is 7.24. The molecule has 21 heavy (non-hydrogen) atoms. The number of nitrogens with zero attached hydrogens (tertiary/aromatic N) is 2. The van der Waals surface area contributed by atoms with Crippen LogP contribution in [0.5, 0.6) is 0 Å². The zero-order valence-electron chi connectivity index (χ0n) is 11.6. The van der Waals surface area contributed by atoms with Crippen LogP contribution < -0.4 is 10.9 Å². The van der Waals surface area contributed by atoms with E-state index in [1.807, 2.05) is 6.92 Å². The first-order valence-electron chi connectivity index (χ1n) is 6.87. The second-order valence-electron chi connectivity index (χ2n) is 5.43. The van der Waals surface area contributed by atoms with Crippen LogP contribution in [0, 0.1) is 5.92 Å². The summed E-state index contributed by atoms with van der Waals surface area (Å²) in [7, 11) is 0. The van der Waals surface area contributed by atoms with Crippen LogP contribution in [0.1, 0.15) is 32.6 Å². The van der Waals surface area contributed by atoms with Crippen LogP contribution in [0.3, 0.4) is 0 Å². The molecule has 0 aliphatic heterocycles. The van der Waals surface area contributed by atoms with Crippen molar-refractivity contribution in [3.63, 3.8) is 0 Å². The van der Waals surface area contributed by atoms with Crippen LogP contribution in [-0.2, 0) is 6.54 Å². The molecule has 1 unspecified atom stereocenters. The van der Waals surface area contributed by atoms with Crippen molar-refractivity contribution in [1.82, 2.24) is 9.78 Å². The summed E-state index contributed by atoms with van der Waals surface area (Å²) in [4.78, 5) is 11.8. The fourth-order valence-electron chi connectivity index (χ4n) is 2.67. The van der Waals surface area contributed by atoms with Crippen LogP contribution in [0.15, 0.2) is 11.0 Å². The summed E-state index contributed by atoms with van der Waals surface area (Å²) in [6.45, 7) is 0.539. The molecule has 1 aromatic rings. The van der Waals surface area contributed by atoms with Crippen molar-refractivity contribution in [2.75, 3.05) is 5.32 Å². The molecule has 2 rings (SSSR count). The summed E-state index contributed by atoms with van der Waals surface area (Å²) in [6, 6.07) is 0.102. The Labute approximate surface area is 125 Å². The van der Waals surface area contributed by atoms with Crippen LogP contribution >= 0.6 is 11.6 Å². The van der Waals surface area contributed by atoms with E-state index in [-0.39, 0.29) is 11.1 Å². The van der Waals surface area contributed by atoms with Crippen LogP contribution in [0.2, 0.25) is 5.02 Å². The third kappa shape index (κ3) is 4.12. The minimum Gasteiger partial charge on any atom is -0.380 e. The third-order valence-corrected chi connectivity index (χ3v) is 4.17. The Morgan fingerprint density at radius 2 is 2.10 bits per heavy atom. The lowest BCUT2D eigenvalue weighted by Gasteiger charge is -2.22. The number of rotatable bonds is 4. The summed E-state index contributed by atoms with van der Waals surface area (Å²) in [5.74, 6) is 0.485. The quantitative estimate of drug-likeness (QED) is 0.923. The number of alkyl halides is 3. The monoisotopic (exact) mass is 323 g/mol. The van der Waals surface area contributed by atoms with Gasteiger partial charge in [-0.05, 0) is 25.7 Å². The van der Waals surface area contributed by atoms with E-state index in [2.05, 4.69) is 10.4 Å². The highest BCUT2D eigenvalue weighted by Gasteiger charge is 2.30. The molecule has 1 aliphatic rings. The maximum atomic E-state index is 12.3. The van der Waals surface area contributed by atoms with Gasteiger partial charge in [-0.25, -0.2) is 4.68 Å². The molecule has 8 heteroatoms. The average molecular weight is 324 g/mol. The van der Waals surface area contributed by atoms with Crippen molar-refractivity contribution in [2.24, 2.45) is 5.92 Å². The molecular formula is C13H17ClF3N3O. The molecule has 0 saturated heterocycles. The highest BCUT2D eigenvalue weighted by Crippen LogP contribution is 2.30. The van der Waals surface area contributed by atoms with Gasteiger partial charge >= 0.3 is 6.18 Å². The minimum atomic E-state index is -4.51. The van der Waals surface area contributed by atoms with Gasteiger partial charge in [-0.3, -0.25) is 4.79 Å². The lowest BCUT2D eigenvalue weighted by atomic mass is 10.00. The topological polar surface area (TPSA) is 46.9 Å². The van der Waals surface area contributed by atoms with E-state index in [1.54, 1.807) is 0 Å². The summed E-state index contributed by atoms with van der Waals surface area (Å²) >= 11 is 5.87. The number of nitrogens with one attached hydrogen (secondary N) is 1. The maximum absolute atomic E-state index is 12.3. The van der Waals surface area contributed by atoms with Crippen LogP contribution in [0.4, 0.5) is 18.9 Å². The normalized spacial score (nSPS) is 18.0. The second-order valence-corrected chi connectivity index (χ2v) is 5.81. The van der Waals surface area contributed by atoms with E-state index >= 15 is 0 Å². The Balaban J connectivity index is 2.14. The number of aromatic nitrogens is 2. The summed E-state index contributed by atoms with van der Waals surface area (Å²) in [5, 5.41) is 6.38. The molecule has 1 heterocycles. The van der Waals surface area contributed by atoms with E-state index in [4.69, 9.17) is 11.6 Å². The Bertz CT molecular complexity index is 553. The number of anilines is 1. The molecular weight excluding hydrogens is 307 g/mol. The first kappa shape index (κ1) is 16.1. The van der Waals surface area contributed by atoms with Gasteiger partial charge in [0.25, 0.3) is 5.56 Å². The zero-order valence-corrected chi connectivity index (χ0v) is 12.3. The second kappa shape index (κ2) is 6.25. The Morgan fingerprint density at radius 3 is 2.67 bits per heavy atom. The van der Waals surface area contributed by atoms with E-state index in [0.29, 0.717) is 16.3 Å². The standard InChI is InChI=1S/C13H17ClF3N3O/c1-8(9-4-2-3-5-9)19-10-6-18-20(7-13(15,16)17)12(21)11(10)14/h6,8-9,19H,2-5,7H2,1H3. The number of halogens is 4. The molecule has 0 amide bonds. The maximum Gasteiger partial charge on any atom is 0.408 e. The Hall–Kier alpha value is -1.24. The molecule has 1 saturated carbocycles. The molecule has 0 bridgehead atoms. The highest BCUT2D eigenvalue weighted by atomic mass is 35.5. The van der Waals surface area contributed by atoms with Gasteiger partial charge in [-0.15, -0.1) is 0 Å². The van der Waals surface area contributed by atoms with Crippen LogP contribution in [0.25, 0.3) is 0 Å². The third-order valence-electron chi connectivity index (χ3n) is 3.80. The van der Waals surface area contributed by atoms with Crippen molar-refractivity contribution in [3.05, 3.63) is 21.6 Å². The zero-order chi connectivity index (χ0) is 15.6. The fourth-order valence-corrected chi connectivity index (χ4v) is 2.87. The first-order chi connectivity index (χ1) is 9.78. The van der Waals surface area contributed by atoms with Crippen molar-refractivity contribution < 1.29 is 13.2 Å². The van der Waals surface area contributed by atoms with Crippen molar-refractivity contribution in [1.29, 1.82) is 0 Å². The molecule has 1 atom stereocenters. The van der Waals surface area contributed by atoms with Gasteiger partial charge in [-0.1, -0.05) is 24.4 Å². The van der Waals surface area contributed by atoms with E-state index in [0.717, 1.165) is 12.8 Å². The Morgan fingerprint density at radius 1 is 1.48 bits per heavy atom.